The highest BCUT2D eigenvalue weighted by Crippen LogP contribution is 2.17. The van der Waals surface area contributed by atoms with Crippen LogP contribution >= 0.6 is 0 Å². The van der Waals surface area contributed by atoms with Crippen LogP contribution in [0.5, 0.6) is 0 Å². The highest BCUT2D eigenvalue weighted by molar-refractivity contribution is 5.95. The molecule has 5 nitrogen and oxygen atoms in total. The van der Waals surface area contributed by atoms with E-state index in [9.17, 15) is 13.6 Å². The average Bonchev–Trinajstić information content (AvgIpc) is 2.48. The van der Waals surface area contributed by atoms with Crippen LogP contribution in [0.3, 0.4) is 0 Å². The number of nitrogens with two attached hydrogens (primary N) is 1. The number of carbonyl (C=O) groups is 1. The zero-order chi connectivity index (χ0) is 15.4. The summed E-state index contributed by atoms with van der Waals surface area (Å²) in [7, 11) is 1.23. The minimum Gasteiger partial charge on any atom is -0.465 e. The largest absolute Gasteiger partial charge is 0.465 e. The maximum Gasteiger partial charge on any atom is 0.340 e. The summed E-state index contributed by atoms with van der Waals surface area (Å²) in [5, 5.41) is 2.79. The molecule has 7 heteroatoms. The lowest BCUT2D eigenvalue weighted by Gasteiger charge is -2.09. The smallest absolute Gasteiger partial charge is 0.340 e. The maximum atomic E-state index is 13.5. The second-order valence-corrected chi connectivity index (χ2v) is 4.24. The molecule has 1 aromatic heterocycles. The van der Waals surface area contributed by atoms with Gasteiger partial charge in [0.05, 0.1) is 24.6 Å². The van der Waals surface area contributed by atoms with Gasteiger partial charge in [0.1, 0.15) is 17.5 Å². The molecular formula is C14H13F2N3O2. The number of nitrogens with one attached hydrogen (secondary N) is 1. The van der Waals surface area contributed by atoms with E-state index in [1.165, 1.54) is 19.4 Å². The normalized spacial score (nSPS) is 10.2. The van der Waals surface area contributed by atoms with Gasteiger partial charge in [0, 0.05) is 12.1 Å². The summed E-state index contributed by atoms with van der Waals surface area (Å²) in [4.78, 5) is 15.5. The summed E-state index contributed by atoms with van der Waals surface area (Å²) in [5.74, 6) is -1.37. The van der Waals surface area contributed by atoms with Crippen molar-refractivity contribution >= 4 is 17.5 Å². The molecule has 110 valence electrons. The highest BCUT2D eigenvalue weighted by atomic mass is 19.1. The van der Waals surface area contributed by atoms with Crippen LogP contribution < -0.4 is 11.1 Å². The van der Waals surface area contributed by atoms with Gasteiger partial charge in [0.15, 0.2) is 0 Å². The van der Waals surface area contributed by atoms with Gasteiger partial charge in [-0.3, -0.25) is 0 Å². The molecule has 0 amide bonds. The lowest BCUT2D eigenvalue weighted by molar-refractivity contribution is 0.0602. The summed E-state index contributed by atoms with van der Waals surface area (Å²) < 4.78 is 31.1. The standard InChI is InChI=1S/C14H13F2N3O2/c1-21-14(20)10-5-13(19-7-12(10)17)18-6-8-4-9(15)2-3-11(8)16/h2-5,7H,6,17H2,1H3,(H,18,19). The number of methoxy groups -OCH3 is 1. The highest BCUT2D eigenvalue weighted by Gasteiger charge is 2.12. The zero-order valence-electron chi connectivity index (χ0n) is 11.2. The number of nitrogens with zero attached hydrogens (tertiary/aromatic N) is 1. The zero-order valence-corrected chi connectivity index (χ0v) is 11.2. The molecule has 1 heterocycles. The molecular weight excluding hydrogens is 280 g/mol. The van der Waals surface area contributed by atoms with Crippen molar-refractivity contribution in [1.82, 2.24) is 4.98 Å². The molecule has 0 saturated carbocycles. The monoisotopic (exact) mass is 293 g/mol. The lowest BCUT2D eigenvalue weighted by Crippen LogP contribution is -2.09. The van der Waals surface area contributed by atoms with Crippen LogP contribution in [0.15, 0.2) is 30.5 Å². The Morgan fingerprint density at radius 3 is 2.86 bits per heavy atom. The summed E-state index contributed by atoms with van der Waals surface area (Å²) >= 11 is 0. The lowest BCUT2D eigenvalue weighted by atomic mass is 10.2. The molecule has 2 aromatic rings. The molecule has 21 heavy (non-hydrogen) atoms. The van der Waals surface area contributed by atoms with Crippen LogP contribution in [0, 0.1) is 11.6 Å². The SMILES string of the molecule is COC(=O)c1cc(NCc2cc(F)ccc2F)ncc1N. The molecule has 1 aromatic carbocycles. The van der Waals surface area contributed by atoms with Crippen LogP contribution in [0.2, 0.25) is 0 Å². The second kappa shape index (κ2) is 6.17. The quantitative estimate of drug-likeness (QED) is 0.846. The van der Waals surface area contributed by atoms with E-state index in [2.05, 4.69) is 15.0 Å². The molecule has 0 aliphatic rings. The van der Waals surface area contributed by atoms with E-state index in [4.69, 9.17) is 5.73 Å². The van der Waals surface area contributed by atoms with E-state index in [0.717, 1.165) is 18.2 Å². The van der Waals surface area contributed by atoms with Crippen molar-refractivity contribution in [1.29, 1.82) is 0 Å². The van der Waals surface area contributed by atoms with Gasteiger partial charge in [0.2, 0.25) is 0 Å². The van der Waals surface area contributed by atoms with Crippen LogP contribution in [-0.2, 0) is 11.3 Å². The fourth-order valence-corrected chi connectivity index (χ4v) is 1.71. The first-order valence-corrected chi connectivity index (χ1v) is 6.03. The van der Waals surface area contributed by atoms with Crippen molar-refractivity contribution in [2.75, 3.05) is 18.2 Å². The molecule has 0 aliphatic heterocycles. The summed E-state index contributed by atoms with van der Waals surface area (Å²) in [6.45, 7) is 0.0150. The Bertz CT molecular complexity index is 677. The number of ether oxygens (including phenoxy) is 1. The molecule has 0 unspecified atom stereocenters. The van der Waals surface area contributed by atoms with Gasteiger partial charge in [-0.2, -0.15) is 0 Å². The molecule has 0 atom stereocenters. The second-order valence-electron chi connectivity index (χ2n) is 4.24. The van der Waals surface area contributed by atoms with E-state index in [1.54, 1.807) is 0 Å². The Balaban J connectivity index is 2.17. The third-order valence-corrected chi connectivity index (χ3v) is 2.81. The number of hydrogen-bond donors (Lipinski definition) is 2. The van der Waals surface area contributed by atoms with E-state index in [0.29, 0.717) is 5.82 Å². The van der Waals surface area contributed by atoms with E-state index in [1.807, 2.05) is 0 Å². The first-order valence-electron chi connectivity index (χ1n) is 6.03. The third kappa shape index (κ3) is 3.44. The van der Waals surface area contributed by atoms with Gasteiger partial charge >= 0.3 is 5.97 Å². The van der Waals surface area contributed by atoms with Crippen molar-refractivity contribution in [2.45, 2.75) is 6.54 Å². The summed E-state index contributed by atoms with van der Waals surface area (Å²) in [5.41, 5.74) is 6.08. The first-order chi connectivity index (χ1) is 10.0. The number of carbonyl (C=O) groups excluding carboxylic acids is 1. The average molecular weight is 293 g/mol. The molecule has 0 aliphatic carbocycles. The van der Waals surface area contributed by atoms with Gasteiger partial charge in [-0.05, 0) is 24.3 Å². The fourth-order valence-electron chi connectivity index (χ4n) is 1.71. The van der Waals surface area contributed by atoms with Gasteiger partial charge < -0.3 is 15.8 Å². The van der Waals surface area contributed by atoms with Crippen LogP contribution in [-0.4, -0.2) is 18.1 Å². The Morgan fingerprint density at radius 2 is 2.14 bits per heavy atom. The predicted octanol–water partition coefficient (Wildman–Crippen LogP) is 2.34. The number of nitrogen functional groups attached to an aromatic ring is 1. The van der Waals surface area contributed by atoms with Gasteiger partial charge in [-0.1, -0.05) is 0 Å². The molecule has 0 bridgehead atoms. The Hall–Kier alpha value is -2.70. The number of rotatable bonds is 4. The molecule has 0 radical (unpaired) electrons. The van der Waals surface area contributed by atoms with Crippen LogP contribution in [0.25, 0.3) is 0 Å². The van der Waals surface area contributed by atoms with Crippen molar-refractivity contribution in [3.05, 3.63) is 53.2 Å². The molecule has 0 fully saturated rings. The van der Waals surface area contributed by atoms with Gasteiger partial charge in [-0.15, -0.1) is 0 Å². The third-order valence-electron chi connectivity index (χ3n) is 2.81. The summed E-state index contributed by atoms with van der Waals surface area (Å²) in [6, 6.07) is 4.55. The number of aromatic nitrogens is 1. The topological polar surface area (TPSA) is 77.2 Å². The number of pyridine rings is 1. The van der Waals surface area contributed by atoms with Crippen LogP contribution in [0.4, 0.5) is 20.3 Å². The predicted molar refractivity (Wildman–Crippen MR) is 73.7 cm³/mol. The van der Waals surface area contributed by atoms with Crippen molar-refractivity contribution < 1.29 is 18.3 Å². The van der Waals surface area contributed by atoms with Crippen molar-refractivity contribution in [3.8, 4) is 0 Å². The van der Waals surface area contributed by atoms with E-state index >= 15 is 0 Å². The number of anilines is 2. The van der Waals surface area contributed by atoms with E-state index in [-0.39, 0.29) is 23.4 Å². The van der Waals surface area contributed by atoms with Crippen molar-refractivity contribution in [3.63, 3.8) is 0 Å². The minimum absolute atomic E-state index is 0.0150. The van der Waals surface area contributed by atoms with Crippen LogP contribution in [0.1, 0.15) is 15.9 Å². The number of hydrogen-bond acceptors (Lipinski definition) is 5. The molecule has 0 saturated heterocycles. The molecule has 2 rings (SSSR count). The minimum atomic E-state index is -0.602. The molecule has 0 spiro atoms. The van der Waals surface area contributed by atoms with E-state index < -0.39 is 17.6 Å². The van der Waals surface area contributed by atoms with Gasteiger partial charge in [-0.25, -0.2) is 18.6 Å². The number of halogens is 2. The molecule has 3 N–H and O–H groups in total. The first kappa shape index (κ1) is 14.7. The maximum absolute atomic E-state index is 13.5. The Labute approximate surface area is 119 Å². The summed E-state index contributed by atoms with van der Waals surface area (Å²) in [6.07, 6.45) is 1.29. The Morgan fingerprint density at radius 1 is 1.38 bits per heavy atom. The van der Waals surface area contributed by atoms with Crippen molar-refractivity contribution in [2.24, 2.45) is 0 Å². The Kier molecular flexibility index (Phi) is 4.32. The number of esters is 1. The fraction of sp³-hybridized carbons (Fsp3) is 0.143. The van der Waals surface area contributed by atoms with Gasteiger partial charge in [0.25, 0.3) is 0 Å². The number of benzene rings is 1.